The van der Waals surface area contributed by atoms with Gasteiger partial charge in [-0.25, -0.2) is 9.67 Å². The maximum Gasteiger partial charge on any atom is 0.138 e. The van der Waals surface area contributed by atoms with E-state index in [1.54, 1.807) is 11.0 Å². The molecular formula is C14H19N5O. The molecule has 0 saturated carbocycles. The van der Waals surface area contributed by atoms with Crippen LogP contribution >= 0.6 is 0 Å². The molecule has 0 aliphatic carbocycles. The molecule has 6 nitrogen and oxygen atoms in total. The molecular weight excluding hydrogens is 254 g/mol. The van der Waals surface area contributed by atoms with Crippen LogP contribution in [0, 0.1) is 5.92 Å². The third kappa shape index (κ3) is 3.04. The van der Waals surface area contributed by atoms with E-state index in [1.165, 1.54) is 11.9 Å². The number of hydrogen-bond acceptors (Lipinski definition) is 5. The van der Waals surface area contributed by atoms with E-state index in [-0.39, 0.29) is 6.10 Å². The van der Waals surface area contributed by atoms with Gasteiger partial charge < -0.3 is 15.7 Å². The Morgan fingerprint density at radius 1 is 1.30 bits per heavy atom. The summed E-state index contributed by atoms with van der Waals surface area (Å²) in [5.41, 5.74) is 2.22. The molecule has 3 N–H and O–H groups in total. The van der Waals surface area contributed by atoms with Crippen LogP contribution in [0.1, 0.15) is 5.56 Å². The van der Waals surface area contributed by atoms with E-state index in [4.69, 9.17) is 0 Å². The zero-order valence-electron chi connectivity index (χ0n) is 11.2. The van der Waals surface area contributed by atoms with Crippen molar-refractivity contribution in [2.75, 3.05) is 19.6 Å². The van der Waals surface area contributed by atoms with Crippen LogP contribution in [0.3, 0.4) is 0 Å². The Labute approximate surface area is 117 Å². The highest BCUT2D eigenvalue weighted by atomic mass is 16.3. The van der Waals surface area contributed by atoms with Gasteiger partial charge in [0.05, 0.1) is 11.8 Å². The molecule has 0 spiro atoms. The second kappa shape index (κ2) is 6.13. The van der Waals surface area contributed by atoms with E-state index in [0.717, 1.165) is 25.3 Å². The average molecular weight is 273 g/mol. The second-order valence-electron chi connectivity index (χ2n) is 5.12. The first-order chi connectivity index (χ1) is 9.83. The van der Waals surface area contributed by atoms with Crippen molar-refractivity contribution in [3.05, 3.63) is 42.5 Å². The molecule has 1 aliphatic heterocycles. The van der Waals surface area contributed by atoms with Crippen LogP contribution in [0.4, 0.5) is 0 Å². The number of aromatic nitrogens is 3. The molecule has 2 atom stereocenters. The van der Waals surface area contributed by atoms with Gasteiger partial charge in [-0.3, -0.25) is 0 Å². The van der Waals surface area contributed by atoms with Gasteiger partial charge >= 0.3 is 0 Å². The van der Waals surface area contributed by atoms with Crippen LogP contribution in [0.15, 0.2) is 36.9 Å². The van der Waals surface area contributed by atoms with Crippen molar-refractivity contribution < 1.29 is 5.11 Å². The van der Waals surface area contributed by atoms with E-state index in [1.807, 2.05) is 12.1 Å². The van der Waals surface area contributed by atoms with Crippen molar-refractivity contribution >= 4 is 0 Å². The summed E-state index contributed by atoms with van der Waals surface area (Å²) in [7, 11) is 0. The number of benzene rings is 1. The summed E-state index contributed by atoms with van der Waals surface area (Å²) in [6.45, 7) is 3.23. The molecule has 0 bridgehead atoms. The first kappa shape index (κ1) is 13.2. The van der Waals surface area contributed by atoms with Gasteiger partial charge in [-0.15, -0.1) is 0 Å². The fourth-order valence-corrected chi connectivity index (χ4v) is 2.44. The van der Waals surface area contributed by atoms with E-state index >= 15 is 0 Å². The third-order valence-corrected chi connectivity index (χ3v) is 3.66. The number of nitrogens with zero attached hydrogens (tertiary/aromatic N) is 3. The summed E-state index contributed by atoms with van der Waals surface area (Å²) in [6.07, 6.45) is 2.98. The molecule has 1 saturated heterocycles. The molecule has 3 rings (SSSR count). The molecule has 1 aromatic carbocycles. The lowest BCUT2D eigenvalue weighted by atomic mass is 10.1. The number of rotatable bonds is 5. The summed E-state index contributed by atoms with van der Waals surface area (Å²) in [5.74, 6) is 0.310. The second-order valence-corrected chi connectivity index (χ2v) is 5.12. The van der Waals surface area contributed by atoms with Gasteiger partial charge in [0, 0.05) is 32.1 Å². The molecule has 6 heteroatoms. The van der Waals surface area contributed by atoms with Gasteiger partial charge in [-0.05, 0) is 17.7 Å². The molecule has 20 heavy (non-hydrogen) atoms. The maximum atomic E-state index is 9.71. The monoisotopic (exact) mass is 273 g/mol. The summed E-state index contributed by atoms with van der Waals surface area (Å²) in [5, 5.41) is 20.4. The molecule has 106 valence electrons. The Balaban J connectivity index is 1.51. The Morgan fingerprint density at radius 2 is 2.15 bits per heavy atom. The highest BCUT2D eigenvalue weighted by Gasteiger charge is 2.23. The minimum Gasteiger partial charge on any atom is -0.391 e. The maximum absolute atomic E-state index is 9.71. The lowest BCUT2D eigenvalue weighted by Gasteiger charge is -2.14. The van der Waals surface area contributed by atoms with Crippen molar-refractivity contribution in [2.24, 2.45) is 5.92 Å². The predicted molar refractivity (Wildman–Crippen MR) is 75.4 cm³/mol. The largest absolute Gasteiger partial charge is 0.391 e. The molecule has 0 radical (unpaired) electrons. The highest BCUT2D eigenvalue weighted by Crippen LogP contribution is 2.09. The van der Waals surface area contributed by atoms with E-state index in [9.17, 15) is 5.11 Å². The van der Waals surface area contributed by atoms with Gasteiger partial charge in [0.1, 0.15) is 12.7 Å². The summed E-state index contributed by atoms with van der Waals surface area (Å²) < 4.78 is 1.73. The normalized spacial score (nSPS) is 22.2. The average Bonchev–Trinajstić information content (AvgIpc) is 3.12. The SMILES string of the molecule is OC1CNCC1CNCc1ccc(-n2cncn2)cc1. The fourth-order valence-electron chi connectivity index (χ4n) is 2.44. The number of aliphatic hydroxyl groups excluding tert-OH is 1. The fraction of sp³-hybridized carbons (Fsp3) is 0.429. The Hall–Kier alpha value is -1.76. The van der Waals surface area contributed by atoms with Gasteiger partial charge in [0.2, 0.25) is 0 Å². The minimum atomic E-state index is -0.225. The molecule has 1 aliphatic rings. The van der Waals surface area contributed by atoms with Crippen molar-refractivity contribution in [2.45, 2.75) is 12.6 Å². The minimum absolute atomic E-state index is 0.225. The standard InChI is InChI=1S/C14H19N5O/c20-14-8-16-7-12(14)6-15-5-11-1-3-13(4-2-11)19-10-17-9-18-19/h1-4,9-10,12,14-16,20H,5-8H2. The zero-order valence-corrected chi connectivity index (χ0v) is 11.2. The quantitative estimate of drug-likeness (QED) is 0.711. The topological polar surface area (TPSA) is 75.0 Å². The number of β-amino-alcohol motifs (C(OH)–C–C–N with tert-alkyl or cyclic N) is 1. The Bertz CT molecular complexity index is 525. The predicted octanol–water partition coefficient (Wildman–Crippen LogP) is -0.0628. The number of hydrogen-bond donors (Lipinski definition) is 3. The van der Waals surface area contributed by atoms with Gasteiger partial charge in [-0.2, -0.15) is 5.10 Å². The molecule has 1 fully saturated rings. The molecule has 2 aromatic rings. The zero-order chi connectivity index (χ0) is 13.8. The van der Waals surface area contributed by atoms with Gasteiger partial charge in [0.25, 0.3) is 0 Å². The smallest absolute Gasteiger partial charge is 0.138 e. The van der Waals surface area contributed by atoms with E-state index < -0.39 is 0 Å². The van der Waals surface area contributed by atoms with Crippen LogP contribution in [-0.4, -0.2) is 45.6 Å². The van der Waals surface area contributed by atoms with Crippen molar-refractivity contribution in [1.82, 2.24) is 25.4 Å². The Morgan fingerprint density at radius 3 is 2.80 bits per heavy atom. The summed E-state index contributed by atoms with van der Waals surface area (Å²) in [6, 6.07) is 8.20. The number of aliphatic hydroxyl groups is 1. The van der Waals surface area contributed by atoms with Crippen LogP contribution in [0.2, 0.25) is 0 Å². The molecule has 0 amide bonds. The summed E-state index contributed by atoms with van der Waals surface area (Å²) >= 11 is 0. The van der Waals surface area contributed by atoms with Crippen LogP contribution in [0.5, 0.6) is 0 Å². The van der Waals surface area contributed by atoms with Gasteiger partial charge in [0.15, 0.2) is 0 Å². The van der Waals surface area contributed by atoms with E-state index in [2.05, 4.69) is 32.8 Å². The van der Waals surface area contributed by atoms with Crippen molar-refractivity contribution in [3.8, 4) is 5.69 Å². The van der Waals surface area contributed by atoms with E-state index in [0.29, 0.717) is 12.5 Å². The van der Waals surface area contributed by atoms with Gasteiger partial charge in [-0.1, -0.05) is 12.1 Å². The third-order valence-electron chi connectivity index (χ3n) is 3.66. The Kier molecular flexibility index (Phi) is 4.05. The molecule has 1 aromatic heterocycles. The van der Waals surface area contributed by atoms with Crippen LogP contribution in [-0.2, 0) is 6.54 Å². The lowest BCUT2D eigenvalue weighted by Crippen LogP contribution is -2.30. The van der Waals surface area contributed by atoms with Crippen LogP contribution in [0.25, 0.3) is 5.69 Å². The first-order valence-electron chi connectivity index (χ1n) is 6.86. The number of nitrogens with one attached hydrogen (secondary N) is 2. The lowest BCUT2D eigenvalue weighted by molar-refractivity contribution is 0.146. The van der Waals surface area contributed by atoms with Crippen LogP contribution < -0.4 is 10.6 Å². The summed E-state index contributed by atoms with van der Waals surface area (Å²) in [4.78, 5) is 3.93. The molecule has 2 unspecified atom stereocenters. The molecule has 2 heterocycles. The van der Waals surface area contributed by atoms with Crippen molar-refractivity contribution in [3.63, 3.8) is 0 Å². The van der Waals surface area contributed by atoms with Crippen molar-refractivity contribution in [1.29, 1.82) is 0 Å². The first-order valence-corrected chi connectivity index (χ1v) is 6.86. The highest BCUT2D eigenvalue weighted by molar-refractivity contribution is 5.33.